The maximum atomic E-state index is 12.5. The molecule has 3 unspecified atom stereocenters. The van der Waals surface area contributed by atoms with Crippen LogP contribution in [0, 0.1) is 10.8 Å². The van der Waals surface area contributed by atoms with Crippen molar-refractivity contribution in [1.82, 2.24) is 0 Å². The Morgan fingerprint density at radius 3 is 1.85 bits per heavy atom. The van der Waals surface area contributed by atoms with Gasteiger partial charge in [0.1, 0.15) is 22.4 Å². The highest BCUT2D eigenvalue weighted by molar-refractivity contribution is 5.99. The van der Waals surface area contributed by atoms with Crippen LogP contribution in [-0.2, 0) is 20.2 Å². The van der Waals surface area contributed by atoms with Crippen LogP contribution in [0.5, 0.6) is 0 Å². The van der Waals surface area contributed by atoms with Crippen molar-refractivity contribution in [3.8, 4) is 0 Å². The number of carbonyl (C=O) groups excluding carboxylic acids is 1. The molecule has 138 valence electrons. The van der Waals surface area contributed by atoms with Crippen molar-refractivity contribution in [2.75, 3.05) is 0 Å². The summed E-state index contributed by atoms with van der Waals surface area (Å²) in [6.45, 7) is 8.94. The topological polar surface area (TPSA) is 26.3 Å². The van der Waals surface area contributed by atoms with Gasteiger partial charge in [-0.1, -0.05) is 81.4 Å². The average molecular weight is 367 g/mol. The van der Waals surface area contributed by atoms with Crippen molar-refractivity contribution >= 4 is 16.8 Å². The van der Waals surface area contributed by atoms with E-state index in [4.69, 9.17) is 4.43 Å². The molecule has 1 saturated carbocycles. The monoisotopic (exact) mass is 366 g/mol. The number of rotatable bonds is 4. The maximum absolute atomic E-state index is 12.5. The third-order valence-electron chi connectivity index (χ3n) is 6.72. The summed E-state index contributed by atoms with van der Waals surface area (Å²) >= 11 is 0. The van der Waals surface area contributed by atoms with E-state index in [2.05, 4.69) is 82.3 Å². The lowest BCUT2D eigenvalue weighted by Gasteiger charge is -2.57. The summed E-state index contributed by atoms with van der Waals surface area (Å²) in [6, 6.07) is 21.1. The summed E-state index contributed by atoms with van der Waals surface area (Å²) in [5.41, 5.74) is 0.752. The van der Waals surface area contributed by atoms with Crippen LogP contribution in [0.1, 0.15) is 51.7 Å². The van der Waals surface area contributed by atoms with Gasteiger partial charge in [-0.05, 0) is 36.3 Å². The van der Waals surface area contributed by atoms with Gasteiger partial charge in [-0.2, -0.15) is 0 Å². The quantitative estimate of drug-likeness (QED) is 0.600. The van der Waals surface area contributed by atoms with E-state index in [1.54, 1.807) is 0 Å². The molecule has 0 saturated heterocycles. The number of hydrogen-bond acceptors (Lipinski definition) is 2. The van der Waals surface area contributed by atoms with Crippen LogP contribution in [0.2, 0.25) is 0 Å². The van der Waals surface area contributed by atoms with Gasteiger partial charge in [0.15, 0.2) is 0 Å². The molecule has 2 aromatic rings. The summed E-state index contributed by atoms with van der Waals surface area (Å²) in [5, 5.41) is 0. The minimum atomic E-state index is -0.672. The van der Waals surface area contributed by atoms with Gasteiger partial charge in [-0.15, -0.1) is 0 Å². The Hall–Kier alpha value is -1.71. The second-order valence-electron chi connectivity index (χ2n) is 8.81. The van der Waals surface area contributed by atoms with E-state index in [1.165, 1.54) is 5.56 Å². The summed E-state index contributed by atoms with van der Waals surface area (Å²) in [5.74, 6) is 0. The summed E-state index contributed by atoms with van der Waals surface area (Å²) < 4.78 is 6.60. The molecule has 1 aliphatic rings. The second-order valence-corrected chi connectivity index (χ2v) is 9.22. The first kappa shape index (κ1) is 19.1. The van der Waals surface area contributed by atoms with Crippen molar-refractivity contribution < 1.29 is 9.22 Å². The molecule has 26 heavy (non-hydrogen) atoms. The number of benzene rings is 2. The molecule has 0 aliphatic heterocycles. The smallest absolute Gasteiger partial charge is 0.147 e. The van der Waals surface area contributed by atoms with Crippen LogP contribution in [0.4, 0.5) is 0 Å². The Kier molecular flexibility index (Phi) is 4.74. The van der Waals surface area contributed by atoms with E-state index in [0.717, 1.165) is 24.7 Å². The lowest BCUT2D eigenvalue weighted by atomic mass is 9.51. The molecule has 0 amide bonds. The predicted octanol–water partition coefficient (Wildman–Crippen LogP) is 4.16. The molecule has 3 heteroatoms. The number of carbonyl (C=O) groups is 1. The molecule has 0 N–H and O–H groups in total. The molecule has 3 rings (SSSR count). The summed E-state index contributed by atoms with van der Waals surface area (Å²) in [6.07, 6.45) is 2.89. The highest BCUT2D eigenvalue weighted by atomic mass is 28.2. The third kappa shape index (κ3) is 2.30. The lowest BCUT2D eigenvalue weighted by Crippen LogP contribution is -2.60. The zero-order valence-electron chi connectivity index (χ0n) is 16.6. The molecule has 0 spiro atoms. The highest BCUT2D eigenvalue weighted by Gasteiger charge is 2.71. The van der Waals surface area contributed by atoms with Crippen molar-refractivity contribution in [2.24, 2.45) is 10.8 Å². The van der Waals surface area contributed by atoms with Gasteiger partial charge in [-0.25, -0.2) is 0 Å². The van der Waals surface area contributed by atoms with E-state index in [1.807, 2.05) is 6.07 Å². The fourth-order valence-electron chi connectivity index (χ4n) is 5.61. The zero-order chi connectivity index (χ0) is 19.1. The molecule has 0 heterocycles. The standard InChI is InChI=1S/C23H30O2Si/c1-20(2,3)22(18-11-7-5-8-12-18)16-15-21(4,17-24)23(22,25-26)19-13-9-6-10-14-19/h5-14,17H,15-16H2,1-4,26H3. The van der Waals surface area contributed by atoms with Crippen LogP contribution >= 0.6 is 0 Å². The van der Waals surface area contributed by atoms with E-state index >= 15 is 0 Å². The molecule has 1 fully saturated rings. The summed E-state index contributed by atoms with van der Waals surface area (Å²) in [4.78, 5) is 12.5. The largest absolute Gasteiger partial charge is 0.416 e. The average Bonchev–Trinajstić information content (AvgIpc) is 2.94. The fourth-order valence-corrected chi connectivity index (χ4v) is 6.66. The third-order valence-corrected chi connectivity index (χ3v) is 7.33. The van der Waals surface area contributed by atoms with Crippen LogP contribution in [-0.4, -0.2) is 16.8 Å². The first-order chi connectivity index (χ1) is 12.3. The Morgan fingerprint density at radius 2 is 1.42 bits per heavy atom. The van der Waals surface area contributed by atoms with E-state index < -0.39 is 11.0 Å². The Morgan fingerprint density at radius 1 is 0.923 bits per heavy atom. The van der Waals surface area contributed by atoms with Gasteiger partial charge < -0.3 is 9.22 Å². The molecule has 0 aromatic heterocycles. The first-order valence-corrected chi connectivity index (χ1v) is 10.2. The number of aldehydes is 1. The van der Waals surface area contributed by atoms with Crippen molar-refractivity contribution in [2.45, 2.75) is 51.6 Å². The SMILES string of the molecule is CC(C)(C)C1(c2ccccc2)CCC(C)(C=O)C1(O[SiH3])c1ccccc1. The molecule has 2 aromatic carbocycles. The van der Waals surface area contributed by atoms with E-state index in [-0.39, 0.29) is 10.8 Å². The van der Waals surface area contributed by atoms with Crippen LogP contribution in [0.3, 0.4) is 0 Å². The normalized spacial score (nSPS) is 31.8. The second kappa shape index (κ2) is 6.47. The van der Waals surface area contributed by atoms with Gasteiger partial charge >= 0.3 is 0 Å². The predicted molar refractivity (Wildman–Crippen MR) is 110 cm³/mol. The van der Waals surface area contributed by atoms with E-state index in [9.17, 15) is 4.79 Å². The molecule has 3 atom stereocenters. The first-order valence-electron chi connectivity index (χ1n) is 9.42. The zero-order valence-corrected chi connectivity index (χ0v) is 18.6. The van der Waals surface area contributed by atoms with Crippen molar-refractivity contribution in [3.05, 3.63) is 71.8 Å². The van der Waals surface area contributed by atoms with Gasteiger partial charge in [0.25, 0.3) is 0 Å². The number of hydrogen-bond donors (Lipinski definition) is 0. The van der Waals surface area contributed by atoms with Crippen LogP contribution < -0.4 is 0 Å². The summed E-state index contributed by atoms with van der Waals surface area (Å²) in [7, 11) is 0.563. The van der Waals surface area contributed by atoms with Gasteiger partial charge in [0.2, 0.25) is 0 Å². The minimum absolute atomic E-state index is 0.0879. The van der Waals surface area contributed by atoms with E-state index in [0.29, 0.717) is 10.5 Å². The molecule has 0 bridgehead atoms. The van der Waals surface area contributed by atoms with Gasteiger partial charge in [0.05, 0.1) is 5.41 Å². The van der Waals surface area contributed by atoms with Crippen molar-refractivity contribution in [3.63, 3.8) is 0 Å². The van der Waals surface area contributed by atoms with Crippen LogP contribution in [0.25, 0.3) is 0 Å². The van der Waals surface area contributed by atoms with Crippen LogP contribution in [0.15, 0.2) is 60.7 Å². The minimum Gasteiger partial charge on any atom is -0.416 e. The molecule has 2 nitrogen and oxygen atoms in total. The van der Waals surface area contributed by atoms with Gasteiger partial charge in [-0.3, -0.25) is 0 Å². The fraction of sp³-hybridized carbons (Fsp3) is 0.435. The molecule has 1 aliphatic carbocycles. The van der Waals surface area contributed by atoms with Gasteiger partial charge in [0, 0.05) is 5.41 Å². The molecular weight excluding hydrogens is 336 g/mol. The Labute approximate surface area is 160 Å². The Balaban J connectivity index is 2.45. The highest BCUT2D eigenvalue weighted by Crippen LogP contribution is 2.69. The lowest BCUT2D eigenvalue weighted by molar-refractivity contribution is -0.141. The van der Waals surface area contributed by atoms with Crippen molar-refractivity contribution in [1.29, 1.82) is 0 Å². The molecular formula is C23H30O2Si. The maximum Gasteiger partial charge on any atom is 0.147 e. The Bertz CT molecular complexity index is 768. The molecule has 0 radical (unpaired) electrons.